The third-order valence-corrected chi connectivity index (χ3v) is 2.33. The standard InChI is InChI=1S/C12H14N4/c1-8(2)10-6-14-7-11(16-10)9-3-4-12(13)15-5-9/h3-8H,1-2H3,(H2,13,15). The van der Waals surface area contributed by atoms with E-state index < -0.39 is 0 Å². The van der Waals surface area contributed by atoms with Gasteiger partial charge in [0.25, 0.3) is 0 Å². The van der Waals surface area contributed by atoms with Gasteiger partial charge in [-0.2, -0.15) is 0 Å². The Balaban J connectivity index is 2.40. The summed E-state index contributed by atoms with van der Waals surface area (Å²) < 4.78 is 0. The van der Waals surface area contributed by atoms with Crippen LogP contribution in [0.25, 0.3) is 11.3 Å². The Hall–Kier alpha value is -1.97. The van der Waals surface area contributed by atoms with Gasteiger partial charge in [-0.25, -0.2) is 9.97 Å². The summed E-state index contributed by atoms with van der Waals surface area (Å²) in [5.41, 5.74) is 8.28. The summed E-state index contributed by atoms with van der Waals surface area (Å²) in [6, 6.07) is 3.66. The maximum absolute atomic E-state index is 5.54. The van der Waals surface area contributed by atoms with E-state index in [2.05, 4.69) is 28.8 Å². The highest BCUT2D eigenvalue weighted by Crippen LogP contribution is 2.18. The molecule has 82 valence electrons. The van der Waals surface area contributed by atoms with E-state index in [1.54, 1.807) is 24.7 Å². The molecule has 0 aromatic carbocycles. The molecule has 2 heterocycles. The van der Waals surface area contributed by atoms with E-state index in [-0.39, 0.29) is 0 Å². The van der Waals surface area contributed by atoms with Crippen LogP contribution >= 0.6 is 0 Å². The second-order valence-electron chi connectivity index (χ2n) is 3.96. The number of pyridine rings is 1. The van der Waals surface area contributed by atoms with Crippen molar-refractivity contribution in [3.63, 3.8) is 0 Å². The Morgan fingerprint density at radius 1 is 1.12 bits per heavy atom. The van der Waals surface area contributed by atoms with E-state index in [0.717, 1.165) is 17.0 Å². The van der Waals surface area contributed by atoms with Crippen LogP contribution in [0.1, 0.15) is 25.5 Å². The highest BCUT2D eigenvalue weighted by atomic mass is 14.8. The van der Waals surface area contributed by atoms with Crippen LogP contribution in [0.3, 0.4) is 0 Å². The van der Waals surface area contributed by atoms with Gasteiger partial charge < -0.3 is 5.73 Å². The van der Waals surface area contributed by atoms with Gasteiger partial charge in [0.15, 0.2) is 0 Å². The monoisotopic (exact) mass is 214 g/mol. The fraction of sp³-hybridized carbons (Fsp3) is 0.250. The van der Waals surface area contributed by atoms with Crippen LogP contribution in [0.5, 0.6) is 0 Å². The van der Waals surface area contributed by atoms with Crippen molar-refractivity contribution in [2.24, 2.45) is 0 Å². The van der Waals surface area contributed by atoms with Crippen molar-refractivity contribution >= 4 is 5.82 Å². The molecule has 0 aliphatic heterocycles. The maximum Gasteiger partial charge on any atom is 0.123 e. The van der Waals surface area contributed by atoms with Crippen molar-refractivity contribution in [2.75, 3.05) is 5.73 Å². The van der Waals surface area contributed by atoms with Gasteiger partial charge in [-0.1, -0.05) is 13.8 Å². The molecule has 0 amide bonds. The van der Waals surface area contributed by atoms with E-state index in [9.17, 15) is 0 Å². The Morgan fingerprint density at radius 2 is 1.94 bits per heavy atom. The maximum atomic E-state index is 5.54. The summed E-state index contributed by atoms with van der Waals surface area (Å²) in [6.45, 7) is 4.18. The first-order chi connectivity index (χ1) is 7.66. The molecule has 0 radical (unpaired) electrons. The molecule has 0 saturated heterocycles. The average molecular weight is 214 g/mol. The molecule has 4 heteroatoms. The third kappa shape index (κ3) is 2.16. The predicted molar refractivity (Wildman–Crippen MR) is 63.8 cm³/mol. The minimum atomic E-state index is 0.370. The van der Waals surface area contributed by atoms with Gasteiger partial charge >= 0.3 is 0 Å². The molecule has 0 fully saturated rings. The second kappa shape index (κ2) is 4.26. The zero-order chi connectivity index (χ0) is 11.5. The quantitative estimate of drug-likeness (QED) is 0.832. The lowest BCUT2D eigenvalue weighted by molar-refractivity contribution is 0.814. The third-order valence-electron chi connectivity index (χ3n) is 2.33. The molecule has 2 aromatic rings. The molecule has 16 heavy (non-hydrogen) atoms. The molecule has 2 N–H and O–H groups in total. The molecule has 0 aliphatic carbocycles. The number of anilines is 1. The van der Waals surface area contributed by atoms with Gasteiger partial charge in [0.1, 0.15) is 5.82 Å². The van der Waals surface area contributed by atoms with E-state index in [1.807, 2.05) is 6.07 Å². The fourth-order valence-electron chi connectivity index (χ4n) is 1.36. The molecule has 0 bridgehead atoms. The van der Waals surface area contributed by atoms with Crippen molar-refractivity contribution in [1.29, 1.82) is 0 Å². The second-order valence-corrected chi connectivity index (χ2v) is 3.96. The number of aromatic nitrogens is 3. The number of rotatable bonds is 2. The van der Waals surface area contributed by atoms with E-state index >= 15 is 0 Å². The first-order valence-corrected chi connectivity index (χ1v) is 5.20. The predicted octanol–water partition coefficient (Wildman–Crippen LogP) is 2.24. The van der Waals surface area contributed by atoms with Gasteiger partial charge in [0.2, 0.25) is 0 Å². The van der Waals surface area contributed by atoms with Crippen molar-refractivity contribution in [3.05, 3.63) is 36.4 Å². The number of hydrogen-bond donors (Lipinski definition) is 1. The van der Waals surface area contributed by atoms with E-state index in [1.165, 1.54) is 0 Å². The largest absolute Gasteiger partial charge is 0.384 e. The molecule has 2 aromatic heterocycles. The van der Waals surface area contributed by atoms with Crippen LogP contribution in [-0.4, -0.2) is 15.0 Å². The van der Waals surface area contributed by atoms with E-state index in [4.69, 9.17) is 5.73 Å². The Kier molecular flexibility index (Phi) is 2.81. The number of hydrogen-bond acceptors (Lipinski definition) is 4. The minimum Gasteiger partial charge on any atom is -0.384 e. The SMILES string of the molecule is CC(C)c1cncc(-c2ccc(N)nc2)n1. The summed E-state index contributed by atoms with van der Waals surface area (Å²) in [7, 11) is 0. The topological polar surface area (TPSA) is 64.7 Å². The number of nitrogen functional groups attached to an aromatic ring is 1. The Labute approximate surface area is 94.6 Å². The lowest BCUT2D eigenvalue weighted by Crippen LogP contribution is -1.96. The zero-order valence-corrected chi connectivity index (χ0v) is 9.38. The molecule has 0 unspecified atom stereocenters. The summed E-state index contributed by atoms with van der Waals surface area (Å²) in [5.74, 6) is 0.880. The first kappa shape index (κ1) is 10.5. The molecule has 0 atom stereocenters. The highest BCUT2D eigenvalue weighted by Gasteiger charge is 2.05. The molecule has 0 aliphatic rings. The fourth-order valence-corrected chi connectivity index (χ4v) is 1.36. The molecule has 2 rings (SSSR count). The van der Waals surface area contributed by atoms with Crippen molar-refractivity contribution in [3.8, 4) is 11.3 Å². The first-order valence-electron chi connectivity index (χ1n) is 5.20. The van der Waals surface area contributed by atoms with E-state index in [0.29, 0.717) is 11.7 Å². The normalized spacial score (nSPS) is 10.7. The Bertz CT molecular complexity index is 477. The lowest BCUT2D eigenvalue weighted by Gasteiger charge is -2.06. The molecule has 0 saturated carbocycles. The minimum absolute atomic E-state index is 0.370. The smallest absolute Gasteiger partial charge is 0.123 e. The van der Waals surface area contributed by atoms with Crippen LogP contribution in [0, 0.1) is 0 Å². The molecular formula is C12H14N4. The van der Waals surface area contributed by atoms with Gasteiger partial charge in [-0.05, 0) is 18.1 Å². The Morgan fingerprint density at radius 3 is 2.56 bits per heavy atom. The molecule has 4 nitrogen and oxygen atoms in total. The van der Waals surface area contributed by atoms with Crippen molar-refractivity contribution in [2.45, 2.75) is 19.8 Å². The van der Waals surface area contributed by atoms with Crippen LogP contribution in [-0.2, 0) is 0 Å². The average Bonchev–Trinajstić information content (AvgIpc) is 2.30. The van der Waals surface area contributed by atoms with Gasteiger partial charge in [0, 0.05) is 18.0 Å². The summed E-state index contributed by atoms with van der Waals surface area (Å²) in [4.78, 5) is 12.8. The molecule has 0 spiro atoms. The van der Waals surface area contributed by atoms with Crippen molar-refractivity contribution < 1.29 is 0 Å². The number of nitrogens with zero attached hydrogens (tertiary/aromatic N) is 3. The van der Waals surface area contributed by atoms with Gasteiger partial charge in [0.05, 0.1) is 17.6 Å². The van der Waals surface area contributed by atoms with Crippen LogP contribution in [0.4, 0.5) is 5.82 Å². The van der Waals surface area contributed by atoms with Crippen LogP contribution in [0.15, 0.2) is 30.7 Å². The molecular weight excluding hydrogens is 200 g/mol. The summed E-state index contributed by atoms with van der Waals surface area (Å²) in [5, 5.41) is 0. The summed E-state index contributed by atoms with van der Waals surface area (Å²) in [6.07, 6.45) is 5.24. The lowest BCUT2D eigenvalue weighted by atomic mass is 10.1. The van der Waals surface area contributed by atoms with Crippen molar-refractivity contribution in [1.82, 2.24) is 15.0 Å². The highest BCUT2D eigenvalue weighted by molar-refractivity contribution is 5.58. The van der Waals surface area contributed by atoms with Gasteiger partial charge in [-0.3, -0.25) is 4.98 Å². The zero-order valence-electron chi connectivity index (χ0n) is 9.38. The summed E-state index contributed by atoms with van der Waals surface area (Å²) >= 11 is 0. The van der Waals surface area contributed by atoms with Crippen LogP contribution < -0.4 is 5.73 Å². The van der Waals surface area contributed by atoms with Gasteiger partial charge in [-0.15, -0.1) is 0 Å². The van der Waals surface area contributed by atoms with Crippen LogP contribution in [0.2, 0.25) is 0 Å². The number of nitrogens with two attached hydrogens (primary N) is 1.